The molecule has 0 fully saturated rings. The van der Waals surface area contributed by atoms with Crippen molar-refractivity contribution in [1.29, 1.82) is 0 Å². The molecule has 0 bridgehead atoms. The second kappa shape index (κ2) is 4.02. The molecule has 1 aromatic heterocycles. The summed E-state index contributed by atoms with van der Waals surface area (Å²) in [6.07, 6.45) is -3.60. The van der Waals surface area contributed by atoms with E-state index in [0.717, 1.165) is 6.20 Å². The van der Waals surface area contributed by atoms with Crippen LogP contribution in [0.2, 0.25) is 5.02 Å². The minimum Gasteiger partial charge on any atom is -0.384 e. The van der Waals surface area contributed by atoms with Gasteiger partial charge in [0, 0.05) is 6.20 Å². The monoisotopic (exact) mass is 232 g/mol. The van der Waals surface area contributed by atoms with Crippen LogP contribution in [0.4, 0.5) is 19.0 Å². The molecule has 1 aromatic rings. The van der Waals surface area contributed by atoms with Gasteiger partial charge in [-0.25, -0.2) is 4.98 Å². The number of nitrogens with zero attached hydrogens (tertiary/aromatic N) is 1. The van der Waals surface area contributed by atoms with Crippen molar-refractivity contribution in [3.63, 3.8) is 0 Å². The molecule has 0 saturated carbocycles. The summed E-state index contributed by atoms with van der Waals surface area (Å²) in [6, 6.07) is 0.697. The molecule has 0 aromatic carbocycles. The molecule has 2 N–H and O–H groups in total. The number of aromatic nitrogens is 1. The van der Waals surface area contributed by atoms with Crippen molar-refractivity contribution in [3.8, 4) is 0 Å². The molecular weight excluding hydrogens is 228 g/mol. The molecule has 0 radical (unpaired) electrons. The highest BCUT2D eigenvalue weighted by atomic mass is 35.5. The Kier molecular flexibility index (Phi) is 3.81. The number of hydrogen-bond acceptors (Lipinski definition) is 2. The highest BCUT2D eigenvalue weighted by Crippen LogP contribution is 2.34. The fraction of sp³-hybridized carbons (Fsp3) is 0.167. The number of nitrogen functional groups attached to an aromatic ring is 1. The van der Waals surface area contributed by atoms with E-state index in [0.29, 0.717) is 6.07 Å². The summed E-state index contributed by atoms with van der Waals surface area (Å²) < 4.78 is 36.2. The molecule has 1 heterocycles. The lowest BCUT2D eigenvalue weighted by Gasteiger charge is -2.07. The molecule has 0 unspecified atom stereocenters. The maximum absolute atomic E-state index is 12.1. The average Bonchev–Trinajstić information content (AvgIpc) is 1.92. The van der Waals surface area contributed by atoms with E-state index in [-0.39, 0.29) is 18.2 Å². The van der Waals surface area contributed by atoms with Gasteiger partial charge in [-0.05, 0) is 6.07 Å². The van der Waals surface area contributed by atoms with Crippen molar-refractivity contribution in [3.05, 3.63) is 22.8 Å². The van der Waals surface area contributed by atoms with E-state index in [1.165, 1.54) is 0 Å². The standard InChI is InChI=1S/C6H4ClF3N2.ClH/c7-4-2-12-5(11)1-3(4)6(8,9)10;/h1-2H,(H2,11,12);1H. The summed E-state index contributed by atoms with van der Waals surface area (Å²) in [5.41, 5.74) is 4.09. The average molecular weight is 233 g/mol. The summed E-state index contributed by atoms with van der Waals surface area (Å²) in [6.45, 7) is 0. The Bertz CT molecular complexity index is 300. The molecule has 13 heavy (non-hydrogen) atoms. The Balaban J connectivity index is 0.00000144. The lowest BCUT2D eigenvalue weighted by Crippen LogP contribution is -2.07. The number of anilines is 1. The number of hydrogen-bond donors (Lipinski definition) is 1. The Morgan fingerprint density at radius 3 is 2.31 bits per heavy atom. The highest BCUT2D eigenvalue weighted by Gasteiger charge is 2.33. The van der Waals surface area contributed by atoms with Crippen molar-refractivity contribution >= 4 is 29.8 Å². The number of alkyl halides is 3. The highest BCUT2D eigenvalue weighted by molar-refractivity contribution is 6.31. The lowest BCUT2D eigenvalue weighted by atomic mass is 10.2. The topological polar surface area (TPSA) is 38.9 Å². The third-order valence-electron chi connectivity index (χ3n) is 1.18. The van der Waals surface area contributed by atoms with E-state index >= 15 is 0 Å². The quantitative estimate of drug-likeness (QED) is 0.748. The molecule has 0 aliphatic heterocycles. The van der Waals surface area contributed by atoms with E-state index in [4.69, 9.17) is 17.3 Å². The number of rotatable bonds is 0. The van der Waals surface area contributed by atoms with Gasteiger partial charge in [0.1, 0.15) is 5.82 Å². The van der Waals surface area contributed by atoms with Crippen molar-refractivity contribution in [2.75, 3.05) is 5.73 Å². The summed E-state index contributed by atoms with van der Waals surface area (Å²) in [4.78, 5) is 3.40. The summed E-state index contributed by atoms with van der Waals surface area (Å²) in [5, 5.41) is -0.447. The second-order valence-electron chi connectivity index (χ2n) is 2.09. The molecular formula is C6H5Cl2F3N2. The van der Waals surface area contributed by atoms with Crippen LogP contribution in [0.3, 0.4) is 0 Å². The number of halogens is 5. The van der Waals surface area contributed by atoms with Crippen molar-refractivity contribution in [1.82, 2.24) is 4.98 Å². The van der Waals surface area contributed by atoms with E-state index in [1.54, 1.807) is 0 Å². The first kappa shape index (κ1) is 12.3. The van der Waals surface area contributed by atoms with Crippen molar-refractivity contribution < 1.29 is 13.2 Å². The van der Waals surface area contributed by atoms with Gasteiger partial charge >= 0.3 is 6.18 Å². The molecule has 0 aliphatic carbocycles. The van der Waals surface area contributed by atoms with Crippen molar-refractivity contribution in [2.24, 2.45) is 0 Å². The third kappa shape index (κ3) is 2.93. The van der Waals surface area contributed by atoms with Gasteiger partial charge in [-0.3, -0.25) is 0 Å². The predicted molar refractivity (Wildman–Crippen MR) is 45.9 cm³/mol. The molecule has 0 aliphatic rings. The van der Waals surface area contributed by atoms with Gasteiger partial charge in [-0.1, -0.05) is 11.6 Å². The fourth-order valence-corrected chi connectivity index (χ4v) is 0.883. The SMILES string of the molecule is Cl.Nc1cc(C(F)(F)F)c(Cl)cn1. The zero-order valence-corrected chi connectivity index (χ0v) is 7.67. The van der Waals surface area contributed by atoms with Gasteiger partial charge in [0.15, 0.2) is 0 Å². The zero-order chi connectivity index (χ0) is 9.35. The van der Waals surface area contributed by atoms with E-state index in [2.05, 4.69) is 4.98 Å². The normalized spacial score (nSPS) is 10.8. The maximum Gasteiger partial charge on any atom is 0.418 e. The van der Waals surface area contributed by atoms with Crippen LogP contribution >= 0.6 is 24.0 Å². The first-order chi connectivity index (χ1) is 5.41. The molecule has 2 nitrogen and oxygen atoms in total. The van der Waals surface area contributed by atoms with Gasteiger partial charge in [0.2, 0.25) is 0 Å². The van der Waals surface area contributed by atoms with Crippen LogP contribution in [-0.4, -0.2) is 4.98 Å². The molecule has 0 amide bonds. The van der Waals surface area contributed by atoms with Crippen LogP contribution in [0.5, 0.6) is 0 Å². The minimum atomic E-state index is -4.48. The van der Waals surface area contributed by atoms with Crippen LogP contribution in [0.25, 0.3) is 0 Å². The number of pyridine rings is 1. The smallest absolute Gasteiger partial charge is 0.384 e. The summed E-state index contributed by atoms with van der Waals surface area (Å²) >= 11 is 5.24. The van der Waals surface area contributed by atoms with E-state index in [9.17, 15) is 13.2 Å². The van der Waals surface area contributed by atoms with Crippen LogP contribution in [-0.2, 0) is 6.18 Å². The minimum absolute atomic E-state index is 0. The molecule has 7 heteroatoms. The summed E-state index contributed by atoms with van der Waals surface area (Å²) in [5.74, 6) is -0.202. The lowest BCUT2D eigenvalue weighted by molar-refractivity contribution is -0.137. The predicted octanol–water partition coefficient (Wildman–Crippen LogP) is 2.76. The summed E-state index contributed by atoms with van der Waals surface area (Å²) in [7, 11) is 0. The molecule has 74 valence electrons. The Hall–Kier alpha value is -0.680. The number of nitrogens with two attached hydrogens (primary N) is 1. The Morgan fingerprint density at radius 1 is 1.38 bits per heavy atom. The fourth-order valence-electron chi connectivity index (χ4n) is 0.672. The van der Waals surface area contributed by atoms with Crippen molar-refractivity contribution in [2.45, 2.75) is 6.18 Å². The van der Waals surface area contributed by atoms with Crippen LogP contribution in [0, 0.1) is 0 Å². The van der Waals surface area contributed by atoms with E-state index in [1.807, 2.05) is 0 Å². The molecule has 1 rings (SSSR count). The van der Waals surface area contributed by atoms with Crippen LogP contribution < -0.4 is 5.73 Å². The first-order valence-electron chi connectivity index (χ1n) is 2.89. The van der Waals surface area contributed by atoms with Gasteiger partial charge in [-0.15, -0.1) is 12.4 Å². The van der Waals surface area contributed by atoms with Gasteiger partial charge < -0.3 is 5.73 Å². The maximum atomic E-state index is 12.1. The Labute approximate surface area is 83.3 Å². The zero-order valence-electron chi connectivity index (χ0n) is 6.10. The van der Waals surface area contributed by atoms with Gasteiger partial charge in [-0.2, -0.15) is 13.2 Å². The van der Waals surface area contributed by atoms with Gasteiger partial charge in [0.25, 0.3) is 0 Å². The molecule has 0 spiro atoms. The third-order valence-corrected chi connectivity index (χ3v) is 1.48. The molecule has 0 atom stereocenters. The second-order valence-corrected chi connectivity index (χ2v) is 2.49. The van der Waals surface area contributed by atoms with Crippen LogP contribution in [0.15, 0.2) is 12.3 Å². The first-order valence-corrected chi connectivity index (χ1v) is 3.27. The molecule has 0 saturated heterocycles. The van der Waals surface area contributed by atoms with Gasteiger partial charge in [0.05, 0.1) is 10.6 Å². The van der Waals surface area contributed by atoms with Crippen LogP contribution in [0.1, 0.15) is 5.56 Å². The van der Waals surface area contributed by atoms with E-state index < -0.39 is 16.8 Å². The largest absolute Gasteiger partial charge is 0.418 e. The Morgan fingerprint density at radius 2 is 1.92 bits per heavy atom.